The van der Waals surface area contributed by atoms with E-state index < -0.39 is 30.5 Å². The molecule has 0 bridgehead atoms. The summed E-state index contributed by atoms with van der Waals surface area (Å²) in [5.41, 5.74) is 2.27. The highest BCUT2D eigenvalue weighted by molar-refractivity contribution is 5.56. The number of nitrogens with one attached hydrogen (secondary N) is 2. The quantitative estimate of drug-likeness (QED) is 0.195. The lowest BCUT2D eigenvalue weighted by Crippen LogP contribution is -2.45. The highest BCUT2D eigenvalue weighted by Gasteiger charge is 2.31. The third kappa shape index (κ3) is 8.96. The predicted molar refractivity (Wildman–Crippen MR) is 154 cm³/mol. The zero-order valence-electron chi connectivity index (χ0n) is 23.4. The number of rotatable bonds is 10. The molecule has 1 aliphatic rings. The van der Waals surface area contributed by atoms with Gasteiger partial charge in [-0.2, -0.15) is 41.3 Å². The molecule has 2 N–H and O–H groups in total. The van der Waals surface area contributed by atoms with Crippen molar-refractivity contribution >= 4 is 23.3 Å². The summed E-state index contributed by atoms with van der Waals surface area (Å²) >= 11 is 0. The molecule has 1 aliphatic heterocycles. The Kier molecular flexibility index (Phi) is 9.37. The summed E-state index contributed by atoms with van der Waals surface area (Å²) in [6, 6.07) is 21.8. The number of halogens is 6. The molecule has 2 heterocycles. The van der Waals surface area contributed by atoms with E-state index in [9.17, 15) is 26.3 Å². The van der Waals surface area contributed by atoms with E-state index >= 15 is 0 Å². The number of benzene rings is 3. The molecule has 0 aliphatic carbocycles. The number of hydrogen-bond acceptors (Lipinski definition) is 8. The maximum Gasteiger partial charge on any atom is 0.422 e. The highest BCUT2D eigenvalue weighted by Crippen LogP contribution is 2.31. The van der Waals surface area contributed by atoms with E-state index in [0.717, 1.165) is 56.1 Å². The normalized spacial score (nSPS) is 14.4. The van der Waals surface area contributed by atoms with Crippen molar-refractivity contribution in [3.63, 3.8) is 0 Å². The van der Waals surface area contributed by atoms with Crippen molar-refractivity contribution in [2.24, 2.45) is 0 Å². The van der Waals surface area contributed by atoms with E-state index in [1.54, 1.807) is 0 Å². The summed E-state index contributed by atoms with van der Waals surface area (Å²) < 4.78 is 82.3. The van der Waals surface area contributed by atoms with Crippen LogP contribution in [0.1, 0.15) is 16.7 Å². The number of aromatic nitrogens is 3. The molecule has 3 aromatic carbocycles. The van der Waals surface area contributed by atoms with Crippen LogP contribution in [0, 0.1) is 0 Å². The summed E-state index contributed by atoms with van der Waals surface area (Å²) in [7, 11) is 0. The molecule has 4 aromatic rings. The van der Waals surface area contributed by atoms with E-state index in [0.29, 0.717) is 0 Å². The van der Waals surface area contributed by atoms with Crippen LogP contribution in [0.2, 0.25) is 0 Å². The molecule has 0 saturated carbocycles. The van der Waals surface area contributed by atoms with Crippen LogP contribution in [0.25, 0.3) is 0 Å². The molecule has 0 radical (unpaired) electrons. The van der Waals surface area contributed by atoms with Crippen LogP contribution in [-0.4, -0.2) is 58.8 Å². The number of nitrogens with zero attached hydrogens (tertiary/aromatic N) is 5. The Labute approximate surface area is 249 Å². The molecule has 0 spiro atoms. The van der Waals surface area contributed by atoms with Gasteiger partial charge in [0.05, 0.1) is 5.56 Å². The van der Waals surface area contributed by atoms with Gasteiger partial charge in [-0.15, -0.1) is 0 Å². The summed E-state index contributed by atoms with van der Waals surface area (Å²) in [5.74, 6) is -0.411. The molecule has 14 heteroatoms. The Morgan fingerprint density at radius 3 is 2.11 bits per heavy atom. The molecule has 0 unspecified atom stereocenters. The summed E-state index contributed by atoms with van der Waals surface area (Å²) in [5, 5.41) is 5.50. The smallest absolute Gasteiger partial charge is 0.422 e. The molecule has 0 atom stereocenters. The molecular weight excluding hydrogens is 588 g/mol. The van der Waals surface area contributed by atoms with Gasteiger partial charge in [-0.3, -0.25) is 4.90 Å². The zero-order chi connectivity index (χ0) is 31.2. The first kappa shape index (κ1) is 30.9. The standard InChI is InChI=1S/C30H29F6N7O/c31-29(32,33)20-44-28-40-26(39-27(41-28)38-24-8-4-7-23(17-24)30(34,35)36)37-18-21-9-11-25(12-10-21)43-15-13-42(14-16-43)19-22-5-2-1-3-6-22/h1-12,17H,13-16,18-20H2,(H2,37,38,39,40,41). The van der Waals surface area contributed by atoms with Gasteiger partial charge in [0.1, 0.15) is 0 Å². The van der Waals surface area contributed by atoms with Crippen molar-refractivity contribution in [3.05, 3.63) is 95.6 Å². The van der Waals surface area contributed by atoms with E-state index in [1.165, 1.54) is 17.7 Å². The van der Waals surface area contributed by atoms with Crippen molar-refractivity contribution in [2.45, 2.75) is 25.4 Å². The van der Waals surface area contributed by atoms with Gasteiger partial charge in [-0.05, 0) is 41.5 Å². The van der Waals surface area contributed by atoms with Crippen molar-refractivity contribution in [1.29, 1.82) is 0 Å². The van der Waals surface area contributed by atoms with Crippen LogP contribution >= 0.6 is 0 Å². The number of hydrogen-bond donors (Lipinski definition) is 2. The summed E-state index contributed by atoms with van der Waals surface area (Å²) in [6.45, 7) is 3.13. The van der Waals surface area contributed by atoms with Crippen molar-refractivity contribution in [2.75, 3.05) is 48.3 Å². The first-order chi connectivity index (χ1) is 21.0. The number of alkyl halides is 6. The molecule has 1 saturated heterocycles. The molecule has 232 valence electrons. The monoisotopic (exact) mass is 617 g/mol. The number of ether oxygens (including phenoxy) is 1. The molecule has 1 fully saturated rings. The second kappa shape index (κ2) is 13.4. The van der Waals surface area contributed by atoms with E-state index in [2.05, 4.69) is 52.3 Å². The fraction of sp³-hybridized carbons (Fsp3) is 0.300. The largest absolute Gasteiger partial charge is 0.454 e. The van der Waals surface area contributed by atoms with E-state index in [1.807, 2.05) is 42.5 Å². The van der Waals surface area contributed by atoms with Crippen LogP contribution in [0.5, 0.6) is 6.01 Å². The Bertz CT molecular complexity index is 1510. The van der Waals surface area contributed by atoms with E-state index in [-0.39, 0.29) is 24.1 Å². The Morgan fingerprint density at radius 2 is 1.43 bits per heavy atom. The van der Waals surface area contributed by atoms with Crippen LogP contribution < -0.4 is 20.3 Å². The maximum atomic E-state index is 13.1. The Morgan fingerprint density at radius 1 is 0.727 bits per heavy atom. The third-order valence-electron chi connectivity index (χ3n) is 6.80. The molecule has 0 amide bonds. The topological polar surface area (TPSA) is 78.4 Å². The minimum atomic E-state index is -4.65. The first-order valence-electron chi connectivity index (χ1n) is 13.7. The Balaban J connectivity index is 1.21. The lowest BCUT2D eigenvalue weighted by atomic mass is 10.1. The SMILES string of the molecule is FC(F)(F)COc1nc(NCc2ccc(N3CCN(Cc4ccccc4)CC3)cc2)nc(Nc2cccc(C(F)(F)F)c2)n1. The fourth-order valence-electron chi connectivity index (χ4n) is 4.62. The van der Waals surface area contributed by atoms with Crippen LogP contribution in [0.15, 0.2) is 78.9 Å². The molecule has 5 rings (SSSR count). The van der Waals surface area contributed by atoms with E-state index in [4.69, 9.17) is 0 Å². The van der Waals surface area contributed by atoms with Crippen LogP contribution in [0.4, 0.5) is 49.6 Å². The van der Waals surface area contributed by atoms with Crippen LogP contribution in [0.3, 0.4) is 0 Å². The lowest BCUT2D eigenvalue weighted by molar-refractivity contribution is -0.154. The molecule has 44 heavy (non-hydrogen) atoms. The predicted octanol–water partition coefficient (Wildman–Crippen LogP) is 6.51. The average molecular weight is 618 g/mol. The first-order valence-corrected chi connectivity index (χ1v) is 13.7. The Hall–Kier alpha value is -4.59. The minimum Gasteiger partial charge on any atom is -0.454 e. The van der Waals surface area contributed by atoms with Gasteiger partial charge in [0.15, 0.2) is 6.61 Å². The molecule has 8 nitrogen and oxygen atoms in total. The minimum absolute atomic E-state index is 0.0183. The van der Waals surface area contributed by atoms with Gasteiger partial charge in [0.2, 0.25) is 11.9 Å². The molecular formula is C30H29F6N7O. The number of piperazine rings is 1. The van der Waals surface area contributed by atoms with Gasteiger partial charge in [0, 0.05) is 50.6 Å². The van der Waals surface area contributed by atoms with Gasteiger partial charge >= 0.3 is 18.4 Å². The van der Waals surface area contributed by atoms with Gasteiger partial charge in [0.25, 0.3) is 0 Å². The second-order valence-corrected chi connectivity index (χ2v) is 10.1. The summed E-state index contributed by atoms with van der Waals surface area (Å²) in [4.78, 5) is 16.5. The van der Waals surface area contributed by atoms with Gasteiger partial charge in [-0.25, -0.2) is 0 Å². The highest BCUT2D eigenvalue weighted by atomic mass is 19.4. The second-order valence-electron chi connectivity index (χ2n) is 10.1. The van der Waals surface area contributed by atoms with Crippen LogP contribution in [-0.2, 0) is 19.3 Å². The van der Waals surface area contributed by atoms with Gasteiger partial charge < -0.3 is 20.3 Å². The van der Waals surface area contributed by atoms with Crippen molar-refractivity contribution < 1.29 is 31.1 Å². The number of anilines is 4. The summed E-state index contributed by atoms with van der Waals surface area (Å²) in [6.07, 6.45) is -9.23. The van der Waals surface area contributed by atoms with Crippen molar-refractivity contribution in [1.82, 2.24) is 19.9 Å². The third-order valence-corrected chi connectivity index (χ3v) is 6.80. The molecule has 1 aromatic heterocycles. The lowest BCUT2D eigenvalue weighted by Gasteiger charge is -2.36. The van der Waals surface area contributed by atoms with Gasteiger partial charge in [-0.1, -0.05) is 48.5 Å². The average Bonchev–Trinajstić information content (AvgIpc) is 3.00. The maximum absolute atomic E-state index is 13.1. The fourth-order valence-corrected chi connectivity index (χ4v) is 4.62. The zero-order valence-corrected chi connectivity index (χ0v) is 23.4. The van der Waals surface area contributed by atoms with Crippen molar-refractivity contribution in [3.8, 4) is 6.01 Å².